The summed E-state index contributed by atoms with van der Waals surface area (Å²) in [6, 6.07) is 1.55. The number of aromatic nitrogens is 1. The van der Waals surface area contributed by atoms with Crippen molar-refractivity contribution in [1.29, 1.82) is 0 Å². The van der Waals surface area contributed by atoms with Crippen LogP contribution < -0.4 is 15.2 Å². The highest BCUT2D eigenvalue weighted by atomic mass is 16.5. The third-order valence-electron chi connectivity index (χ3n) is 2.29. The predicted molar refractivity (Wildman–Crippen MR) is 62.2 cm³/mol. The van der Waals surface area contributed by atoms with Gasteiger partial charge >= 0.3 is 0 Å². The van der Waals surface area contributed by atoms with Gasteiger partial charge in [-0.1, -0.05) is 0 Å². The Morgan fingerprint density at radius 2 is 2.24 bits per heavy atom. The van der Waals surface area contributed by atoms with E-state index in [4.69, 9.17) is 15.2 Å². The Morgan fingerprint density at radius 3 is 2.76 bits per heavy atom. The number of carbonyl (C=O) groups is 1. The molecule has 2 N–H and O–H groups in total. The molecule has 0 aromatic carbocycles. The number of hydrogen-bond donors (Lipinski definition) is 1. The number of hydrogen-bond acceptors (Lipinski definition) is 4. The van der Waals surface area contributed by atoms with Gasteiger partial charge in [0.25, 0.3) is 11.8 Å². The molecule has 0 radical (unpaired) electrons. The molecule has 1 aromatic heterocycles. The van der Waals surface area contributed by atoms with Crippen molar-refractivity contribution in [3.8, 4) is 11.6 Å². The van der Waals surface area contributed by atoms with E-state index in [9.17, 15) is 4.79 Å². The molecule has 1 amide bonds. The first kappa shape index (κ1) is 11.7. The average Bonchev–Trinajstić information content (AvgIpc) is 3.03. The summed E-state index contributed by atoms with van der Waals surface area (Å²) in [6.45, 7) is 3.78. The summed E-state index contributed by atoms with van der Waals surface area (Å²) in [5.41, 5.74) is 5.63. The van der Waals surface area contributed by atoms with E-state index in [2.05, 4.69) is 4.98 Å². The molecule has 1 aromatic rings. The number of nitrogens with two attached hydrogens (primary N) is 1. The standard InChI is InChI=1S/C12H16N2O3/c1-7(2)16-12-10(17-8-3-4-8)9(11(13)15)5-6-14-12/h5-8H,3-4H2,1-2H3,(H2,13,15). The summed E-state index contributed by atoms with van der Waals surface area (Å²) < 4.78 is 11.2. The summed E-state index contributed by atoms with van der Waals surface area (Å²) in [5.74, 6) is 0.177. The van der Waals surface area contributed by atoms with E-state index in [0.717, 1.165) is 12.8 Å². The fraction of sp³-hybridized carbons (Fsp3) is 0.500. The van der Waals surface area contributed by atoms with E-state index in [1.54, 1.807) is 6.07 Å². The average molecular weight is 236 g/mol. The lowest BCUT2D eigenvalue weighted by Gasteiger charge is -2.15. The molecule has 1 aliphatic carbocycles. The number of carbonyl (C=O) groups excluding carboxylic acids is 1. The maximum atomic E-state index is 11.3. The van der Waals surface area contributed by atoms with Crippen LogP contribution >= 0.6 is 0 Å². The molecule has 1 heterocycles. The van der Waals surface area contributed by atoms with Gasteiger partial charge in [-0.3, -0.25) is 4.79 Å². The van der Waals surface area contributed by atoms with Crippen LogP contribution in [-0.4, -0.2) is 23.1 Å². The smallest absolute Gasteiger partial charge is 0.258 e. The maximum Gasteiger partial charge on any atom is 0.258 e. The molecule has 5 heteroatoms. The van der Waals surface area contributed by atoms with Gasteiger partial charge in [-0.25, -0.2) is 4.98 Å². The van der Waals surface area contributed by atoms with E-state index >= 15 is 0 Å². The molecule has 2 rings (SSSR count). The fourth-order valence-corrected chi connectivity index (χ4v) is 1.40. The molecular formula is C12H16N2O3. The fourth-order valence-electron chi connectivity index (χ4n) is 1.40. The third kappa shape index (κ3) is 2.87. The summed E-state index contributed by atoms with van der Waals surface area (Å²) in [7, 11) is 0. The zero-order valence-corrected chi connectivity index (χ0v) is 9.97. The highest BCUT2D eigenvalue weighted by Crippen LogP contribution is 2.35. The van der Waals surface area contributed by atoms with Gasteiger partial charge in [0.15, 0.2) is 5.75 Å². The number of rotatable bonds is 5. The highest BCUT2D eigenvalue weighted by Gasteiger charge is 2.28. The first-order valence-corrected chi connectivity index (χ1v) is 5.70. The molecule has 0 atom stereocenters. The van der Waals surface area contributed by atoms with E-state index < -0.39 is 5.91 Å². The highest BCUT2D eigenvalue weighted by molar-refractivity contribution is 5.96. The Morgan fingerprint density at radius 1 is 1.53 bits per heavy atom. The second-order valence-corrected chi connectivity index (χ2v) is 4.34. The van der Waals surface area contributed by atoms with Crippen LogP contribution in [0.1, 0.15) is 37.0 Å². The Bertz CT molecular complexity index is 428. The van der Waals surface area contributed by atoms with Crippen LogP contribution in [0, 0.1) is 0 Å². The number of amides is 1. The van der Waals surface area contributed by atoms with Crippen LogP contribution in [0.15, 0.2) is 12.3 Å². The third-order valence-corrected chi connectivity index (χ3v) is 2.29. The molecule has 0 unspecified atom stereocenters. The van der Waals surface area contributed by atoms with Gasteiger partial charge in [0, 0.05) is 6.20 Å². The van der Waals surface area contributed by atoms with Crippen LogP contribution in [0.3, 0.4) is 0 Å². The normalized spacial score (nSPS) is 14.8. The second kappa shape index (κ2) is 4.61. The van der Waals surface area contributed by atoms with E-state index in [1.165, 1.54) is 6.20 Å². The molecule has 17 heavy (non-hydrogen) atoms. The van der Waals surface area contributed by atoms with Crippen LogP contribution in [0.4, 0.5) is 0 Å². The van der Waals surface area contributed by atoms with E-state index in [1.807, 2.05) is 13.8 Å². The summed E-state index contributed by atoms with van der Waals surface area (Å²) in [6.07, 6.45) is 3.61. The van der Waals surface area contributed by atoms with Gasteiger partial charge in [-0.15, -0.1) is 0 Å². The SMILES string of the molecule is CC(C)Oc1nccc(C(N)=O)c1OC1CC1. The molecule has 0 bridgehead atoms. The lowest BCUT2D eigenvalue weighted by molar-refractivity contribution is 0.0993. The van der Waals surface area contributed by atoms with Crippen molar-refractivity contribution >= 4 is 5.91 Å². The van der Waals surface area contributed by atoms with Crippen molar-refractivity contribution in [2.45, 2.75) is 38.9 Å². The predicted octanol–water partition coefficient (Wildman–Crippen LogP) is 1.51. The molecular weight excluding hydrogens is 220 g/mol. The topological polar surface area (TPSA) is 74.4 Å². The number of nitrogens with zero attached hydrogens (tertiary/aromatic N) is 1. The summed E-state index contributed by atoms with van der Waals surface area (Å²) in [4.78, 5) is 15.4. The van der Waals surface area contributed by atoms with Crippen molar-refractivity contribution in [1.82, 2.24) is 4.98 Å². The second-order valence-electron chi connectivity index (χ2n) is 4.34. The van der Waals surface area contributed by atoms with Crippen molar-refractivity contribution < 1.29 is 14.3 Å². The van der Waals surface area contributed by atoms with Crippen molar-refractivity contribution in [3.05, 3.63) is 17.8 Å². The molecule has 0 spiro atoms. The Kier molecular flexibility index (Phi) is 3.17. The minimum absolute atomic E-state index is 0.0350. The number of pyridine rings is 1. The van der Waals surface area contributed by atoms with Gasteiger partial charge < -0.3 is 15.2 Å². The monoisotopic (exact) mass is 236 g/mol. The van der Waals surface area contributed by atoms with Gasteiger partial charge in [-0.05, 0) is 32.8 Å². The molecule has 0 aliphatic heterocycles. The van der Waals surface area contributed by atoms with E-state index in [-0.39, 0.29) is 12.2 Å². The Labute approximate surface area is 99.9 Å². The molecule has 5 nitrogen and oxygen atoms in total. The minimum atomic E-state index is -0.531. The van der Waals surface area contributed by atoms with Crippen molar-refractivity contribution in [3.63, 3.8) is 0 Å². The lowest BCUT2D eigenvalue weighted by atomic mass is 10.2. The summed E-state index contributed by atoms with van der Waals surface area (Å²) >= 11 is 0. The first-order valence-electron chi connectivity index (χ1n) is 5.70. The molecule has 1 saturated carbocycles. The van der Waals surface area contributed by atoms with Crippen molar-refractivity contribution in [2.24, 2.45) is 5.73 Å². The van der Waals surface area contributed by atoms with Crippen LogP contribution in [0.5, 0.6) is 11.6 Å². The van der Waals surface area contributed by atoms with Gasteiger partial charge in [-0.2, -0.15) is 0 Å². The van der Waals surface area contributed by atoms with E-state index in [0.29, 0.717) is 17.2 Å². The molecule has 1 aliphatic rings. The molecule has 92 valence electrons. The number of ether oxygens (including phenoxy) is 2. The first-order chi connectivity index (χ1) is 8.08. The quantitative estimate of drug-likeness (QED) is 0.840. The molecule has 1 fully saturated rings. The van der Waals surface area contributed by atoms with Gasteiger partial charge in [0.2, 0.25) is 0 Å². The lowest BCUT2D eigenvalue weighted by Crippen LogP contribution is -2.16. The van der Waals surface area contributed by atoms with Crippen LogP contribution in [0.25, 0.3) is 0 Å². The zero-order chi connectivity index (χ0) is 12.4. The van der Waals surface area contributed by atoms with Crippen molar-refractivity contribution in [2.75, 3.05) is 0 Å². The zero-order valence-electron chi connectivity index (χ0n) is 9.97. The minimum Gasteiger partial charge on any atom is -0.484 e. The Hall–Kier alpha value is -1.78. The van der Waals surface area contributed by atoms with Gasteiger partial charge in [0.05, 0.1) is 17.8 Å². The van der Waals surface area contributed by atoms with Gasteiger partial charge in [0.1, 0.15) is 0 Å². The largest absolute Gasteiger partial charge is 0.484 e. The Balaban J connectivity index is 2.34. The van der Waals surface area contributed by atoms with Crippen LogP contribution in [-0.2, 0) is 0 Å². The molecule has 0 saturated heterocycles. The summed E-state index contributed by atoms with van der Waals surface area (Å²) in [5, 5.41) is 0. The maximum absolute atomic E-state index is 11.3. The number of primary amides is 1. The van der Waals surface area contributed by atoms with Crippen LogP contribution in [0.2, 0.25) is 0 Å².